The molecule has 0 amide bonds. The second kappa shape index (κ2) is 5.22. The van der Waals surface area contributed by atoms with Crippen LogP contribution in [0.3, 0.4) is 0 Å². The van der Waals surface area contributed by atoms with Crippen molar-refractivity contribution in [3.8, 4) is 0 Å². The number of rotatable bonds is 3. The van der Waals surface area contributed by atoms with E-state index >= 15 is 0 Å². The van der Waals surface area contributed by atoms with Gasteiger partial charge in [-0.15, -0.1) is 0 Å². The predicted molar refractivity (Wildman–Crippen MR) is 60.6 cm³/mol. The maximum atomic E-state index is 10.6. The fourth-order valence-corrected chi connectivity index (χ4v) is 1.92. The van der Waals surface area contributed by atoms with Gasteiger partial charge in [-0.3, -0.25) is 10.1 Å². The Labute approximate surface area is 98.4 Å². The van der Waals surface area contributed by atoms with Crippen LogP contribution < -0.4 is 5.32 Å². The van der Waals surface area contributed by atoms with E-state index in [0.717, 1.165) is 12.1 Å². The summed E-state index contributed by atoms with van der Waals surface area (Å²) in [5.74, 6) is 0. The van der Waals surface area contributed by atoms with Crippen molar-refractivity contribution in [1.82, 2.24) is 5.32 Å². The summed E-state index contributed by atoms with van der Waals surface area (Å²) in [4.78, 5) is 10.2. The van der Waals surface area contributed by atoms with Crippen molar-refractivity contribution in [2.75, 3.05) is 19.7 Å². The van der Waals surface area contributed by atoms with Crippen molar-refractivity contribution in [2.45, 2.75) is 12.7 Å². The van der Waals surface area contributed by atoms with Gasteiger partial charge in [0, 0.05) is 25.2 Å². The Morgan fingerprint density at radius 1 is 1.59 bits per heavy atom. The molecule has 1 heterocycles. The van der Waals surface area contributed by atoms with Gasteiger partial charge >= 0.3 is 0 Å². The molecule has 1 fully saturated rings. The molecule has 1 aliphatic heterocycles. The minimum absolute atomic E-state index is 0.0124. The molecular formula is C11H14N2O4. The van der Waals surface area contributed by atoms with E-state index in [2.05, 4.69) is 5.32 Å². The van der Waals surface area contributed by atoms with Crippen LogP contribution in [0, 0.1) is 10.1 Å². The van der Waals surface area contributed by atoms with Gasteiger partial charge in [-0.05, 0) is 17.2 Å². The molecule has 92 valence electrons. The third kappa shape index (κ3) is 2.60. The maximum absolute atomic E-state index is 10.6. The minimum Gasteiger partial charge on any atom is -0.392 e. The highest BCUT2D eigenvalue weighted by Crippen LogP contribution is 2.26. The van der Waals surface area contributed by atoms with Crippen molar-refractivity contribution < 1.29 is 14.8 Å². The van der Waals surface area contributed by atoms with E-state index in [0.29, 0.717) is 18.7 Å². The number of benzene rings is 1. The molecule has 2 rings (SSSR count). The molecule has 1 aromatic carbocycles. The van der Waals surface area contributed by atoms with Crippen molar-refractivity contribution in [3.63, 3.8) is 0 Å². The van der Waals surface area contributed by atoms with E-state index in [4.69, 9.17) is 4.74 Å². The number of non-ortho nitro benzene ring substituents is 1. The van der Waals surface area contributed by atoms with E-state index in [1.54, 1.807) is 6.07 Å². The number of aliphatic hydroxyl groups is 1. The first kappa shape index (κ1) is 12.0. The molecule has 1 saturated heterocycles. The first-order chi connectivity index (χ1) is 8.22. The van der Waals surface area contributed by atoms with Gasteiger partial charge in [0.25, 0.3) is 5.69 Å². The number of ether oxygens (including phenoxy) is 1. The van der Waals surface area contributed by atoms with Crippen molar-refractivity contribution in [3.05, 3.63) is 39.4 Å². The highest BCUT2D eigenvalue weighted by atomic mass is 16.6. The quantitative estimate of drug-likeness (QED) is 0.599. The van der Waals surface area contributed by atoms with E-state index in [1.807, 2.05) is 0 Å². The largest absolute Gasteiger partial charge is 0.392 e. The molecule has 0 spiro atoms. The first-order valence-electron chi connectivity index (χ1n) is 5.42. The molecule has 1 unspecified atom stereocenters. The third-order valence-corrected chi connectivity index (χ3v) is 2.78. The van der Waals surface area contributed by atoms with Crippen LogP contribution in [-0.2, 0) is 11.3 Å². The Morgan fingerprint density at radius 3 is 3.00 bits per heavy atom. The summed E-state index contributed by atoms with van der Waals surface area (Å²) in [6.07, 6.45) is -0.147. The molecule has 6 heteroatoms. The van der Waals surface area contributed by atoms with Crippen LogP contribution in [0.5, 0.6) is 0 Å². The van der Waals surface area contributed by atoms with E-state index < -0.39 is 4.92 Å². The number of aliphatic hydroxyl groups excluding tert-OH is 1. The van der Waals surface area contributed by atoms with E-state index in [9.17, 15) is 15.2 Å². The lowest BCUT2D eigenvalue weighted by molar-refractivity contribution is -0.385. The lowest BCUT2D eigenvalue weighted by Gasteiger charge is -2.25. The van der Waals surface area contributed by atoms with Crippen LogP contribution in [0.25, 0.3) is 0 Å². The average molecular weight is 238 g/mol. The van der Waals surface area contributed by atoms with Crippen LogP contribution in [-0.4, -0.2) is 29.7 Å². The van der Waals surface area contributed by atoms with Gasteiger partial charge in [-0.2, -0.15) is 0 Å². The summed E-state index contributed by atoms with van der Waals surface area (Å²) in [5, 5.41) is 23.1. The molecule has 0 aliphatic carbocycles. The number of hydrogen-bond acceptors (Lipinski definition) is 5. The second-order valence-corrected chi connectivity index (χ2v) is 3.86. The smallest absolute Gasteiger partial charge is 0.269 e. The molecule has 0 saturated carbocycles. The molecular weight excluding hydrogens is 224 g/mol. The molecule has 2 N–H and O–H groups in total. The lowest BCUT2D eigenvalue weighted by Crippen LogP contribution is -2.33. The van der Waals surface area contributed by atoms with E-state index in [-0.39, 0.29) is 18.4 Å². The summed E-state index contributed by atoms with van der Waals surface area (Å²) in [6, 6.07) is 4.49. The number of nitrogens with zero attached hydrogens (tertiary/aromatic N) is 1. The fourth-order valence-electron chi connectivity index (χ4n) is 1.92. The number of morpholine rings is 1. The van der Waals surface area contributed by atoms with Crippen LogP contribution in [0.15, 0.2) is 18.2 Å². The first-order valence-corrected chi connectivity index (χ1v) is 5.42. The van der Waals surface area contributed by atoms with E-state index in [1.165, 1.54) is 12.1 Å². The highest BCUT2D eigenvalue weighted by Gasteiger charge is 2.20. The Morgan fingerprint density at radius 2 is 2.41 bits per heavy atom. The Balaban J connectivity index is 2.29. The zero-order valence-electron chi connectivity index (χ0n) is 9.26. The molecule has 1 atom stereocenters. The molecule has 6 nitrogen and oxygen atoms in total. The van der Waals surface area contributed by atoms with Gasteiger partial charge in [0.15, 0.2) is 0 Å². The summed E-state index contributed by atoms with van der Waals surface area (Å²) < 4.78 is 5.56. The molecule has 17 heavy (non-hydrogen) atoms. The van der Waals surface area contributed by atoms with Crippen molar-refractivity contribution >= 4 is 5.69 Å². The fraction of sp³-hybridized carbons (Fsp3) is 0.455. The van der Waals surface area contributed by atoms with Gasteiger partial charge in [0.2, 0.25) is 0 Å². The zero-order valence-corrected chi connectivity index (χ0v) is 9.26. The molecule has 1 aliphatic rings. The summed E-state index contributed by atoms with van der Waals surface area (Å²) in [7, 11) is 0. The topological polar surface area (TPSA) is 84.6 Å². The summed E-state index contributed by atoms with van der Waals surface area (Å²) in [5.41, 5.74) is 1.35. The van der Waals surface area contributed by atoms with Crippen molar-refractivity contribution in [2.24, 2.45) is 0 Å². The standard InChI is InChI=1S/C11H14N2O4/c14-7-8-5-9(13(15)16)1-2-10(8)11-6-12-3-4-17-11/h1-2,5,11-12,14H,3-4,6-7H2. The minimum atomic E-state index is -0.469. The number of nitrogens with one attached hydrogen (secondary N) is 1. The average Bonchev–Trinajstić information content (AvgIpc) is 2.39. The van der Waals surface area contributed by atoms with Gasteiger partial charge in [-0.25, -0.2) is 0 Å². The van der Waals surface area contributed by atoms with Crippen LogP contribution in [0.4, 0.5) is 5.69 Å². The molecule has 0 radical (unpaired) electrons. The van der Waals surface area contributed by atoms with Crippen LogP contribution >= 0.6 is 0 Å². The number of nitro benzene ring substituents is 1. The monoisotopic (exact) mass is 238 g/mol. The van der Waals surface area contributed by atoms with Crippen LogP contribution in [0.2, 0.25) is 0 Å². The Kier molecular flexibility index (Phi) is 3.68. The number of nitro groups is 1. The second-order valence-electron chi connectivity index (χ2n) is 3.86. The Hall–Kier alpha value is -1.50. The van der Waals surface area contributed by atoms with Gasteiger partial charge in [-0.1, -0.05) is 0 Å². The Bertz CT molecular complexity index is 416. The lowest BCUT2D eigenvalue weighted by atomic mass is 10.0. The number of hydrogen-bond donors (Lipinski definition) is 2. The van der Waals surface area contributed by atoms with Gasteiger partial charge < -0.3 is 15.2 Å². The molecule has 0 bridgehead atoms. The normalized spacial score (nSPS) is 20.2. The third-order valence-electron chi connectivity index (χ3n) is 2.78. The molecule has 0 aromatic heterocycles. The summed E-state index contributed by atoms with van der Waals surface area (Å²) in [6.45, 7) is 1.84. The van der Waals surface area contributed by atoms with Gasteiger partial charge in [0.05, 0.1) is 24.2 Å². The van der Waals surface area contributed by atoms with Crippen molar-refractivity contribution in [1.29, 1.82) is 0 Å². The highest BCUT2D eigenvalue weighted by molar-refractivity contribution is 5.41. The summed E-state index contributed by atoms with van der Waals surface area (Å²) >= 11 is 0. The van der Waals surface area contributed by atoms with Crippen LogP contribution in [0.1, 0.15) is 17.2 Å². The van der Waals surface area contributed by atoms with Gasteiger partial charge in [0.1, 0.15) is 0 Å². The maximum Gasteiger partial charge on any atom is 0.269 e. The SMILES string of the molecule is O=[N+]([O-])c1ccc(C2CNCCO2)c(CO)c1. The predicted octanol–water partition coefficient (Wildman–Crippen LogP) is 0.748. The zero-order chi connectivity index (χ0) is 12.3. The molecule has 1 aromatic rings.